The van der Waals surface area contributed by atoms with E-state index in [0.717, 1.165) is 11.1 Å². The molecule has 2 N–H and O–H groups in total. The summed E-state index contributed by atoms with van der Waals surface area (Å²) in [6, 6.07) is 12.4. The molecule has 0 aliphatic rings. The molecule has 0 saturated carbocycles. The van der Waals surface area contributed by atoms with E-state index in [-0.39, 0.29) is 23.2 Å². The highest BCUT2D eigenvalue weighted by Gasteiger charge is 2.16. The van der Waals surface area contributed by atoms with Gasteiger partial charge >= 0.3 is 0 Å². The molecule has 0 radical (unpaired) electrons. The lowest BCUT2D eigenvalue weighted by molar-refractivity contribution is -0.118. The zero-order valence-corrected chi connectivity index (χ0v) is 19.8. The minimum absolute atomic E-state index is 0.0449. The summed E-state index contributed by atoms with van der Waals surface area (Å²) in [7, 11) is -3.79. The summed E-state index contributed by atoms with van der Waals surface area (Å²) < 4.78 is 33.5. The monoisotopic (exact) mass is 523 g/mol. The van der Waals surface area contributed by atoms with E-state index in [1.54, 1.807) is 24.3 Å². The van der Waals surface area contributed by atoms with Gasteiger partial charge in [-0.25, -0.2) is 13.4 Å². The fourth-order valence-electron chi connectivity index (χ4n) is 2.68. The maximum absolute atomic E-state index is 12.4. The van der Waals surface area contributed by atoms with Crippen molar-refractivity contribution in [3.63, 3.8) is 0 Å². The third kappa shape index (κ3) is 5.75. The number of carbonyl (C=O) groups excluding carboxylic acids is 1. The van der Waals surface area contributed by atoms with E-state index in [0.29, 0.717) is 20.9 Å². The van der Waals surface area contributed by atoms with Crippen molar-refractivity contribution in [2.24, 2.45) is 0 Å². The van der Waals surface area contributed by atoms with Gasteiger partial charge in [0.2, 0.25) is 0 Å². The van der Waals surface area contributed by atoms with Gasteiger partial charge in [0.15, 0.2) is 6.61 Å². The van der Waals surface area contributed by atoms with Crippen LogP contribution in [0.15, 0.2) is 64.1 Å². The molecule has 0 saturated heterocycles. The Hall–Kier alpha value is -2.62. The highest BCUT2D eigenvalue weighted by Crippen LogP contribution is 2.35. The van der Waals surface area contributed by atoms with Crippen LogP contribution in [0.4, 0.5) is 11.5 Å². The minimum atomic E-state index is -3.79. The van der Waals surface area contributed by atoms with Gasteiger partial charge in [-0.3, -0.25) is 9.52 Å². The number of amides is 1. The maximum Gasteiger partial charge on any atom is 0.263 e. The summed E-state index contributed by atoms with van der Waals surface area (Å²) in [6.07, 6.45) is 1.49. The summed E-state index contributed by atoms with van der Waals surface area (Å²) >= 11 is 9.62. The van der Waals surface area contributed by atoms with E-state index >= 15 is 0 Å². The number of hydrogen-bond donors (Lipinski definition) is 2. The Bertz CT molecular complexity index is 1200. The van der Waals surface area contributed by atoms with E-state index < -0.39 is 10.0 Å². The van der Waals surface area contributed by atoms with Crippen LogP contribution in [0.2, 0.25) is 5.02 Å². The van der Waals surface area contributed by atoms with Gasteiger partial charge in [0.05, 0.1) is 9.37 Å². The fraction of sp³-hybridized carbons (Fsp3) is 0.143. The van der Waals surface area contributed by atoms with Crippen molar-refractivity contribution in [3.05, 3.63) is 75.4 Å². The fourth-order valence-corrected chi connectivity index (χ4v) is 4.38. The van der Waals surface area contributed by atoms with E-state index in [1.165, 1.54) is 30.5 Å². The number of ether oxygens (including phenoxy) is 1. The Kier molecular flexibility index (Phi) is 7.19. The van der Waals surface area contributed by atoms with Crippen molar-refractivity contribution < 1.29 is 17.9 Å². The SMILES string of the molecule is Cc1cc(OCC(=O)Nc2ccc(S(=O)(=O)Nc3ccccn3)cc2)c(Br)c(C)c1Cl. The number of hydrogen-bond acceptors (Lipinski definition) is 5. The first-order valence-corrected chi connectivity index (χ1v) is 11.7. The average molecular weight is 525 g/mol. The molecule has 1 aromatic heterocycles. The van der Waals surface area contributed by atoms with Crippen molar-refractivity contribution in [3.8, 4) is 5.75 Å². The number of halogens is 2. The Morgan fingerprint density at radius 3 is 2.52 bits per heavy atom. The largest absolute Gasteiger partial charge is 0.483 e. The number of benzene rings is 2. The number of aryl methyl sites for hydroxylation is 1. The number of nitrogens with one attached hydrogen (secondary N) is 2. The zero-order chi connectivity index (χ0) is 22.6. The number of anilines is 2. The van der Waals surface area contributed by atoms with E-state index in [9.17, 15) is 13.2 Å². The molecule has 31 heavy (non-hydrogen) atoms. The van der Waals surface area contributed by atoms with Crippen LogP contribution in [-0.4, -0.2) is 25.9 Å². The average Bonchev–Trinajstić information content (AvgIpc) is 2.74. The summed E-state index contributed by atoms with van der Waals surface area (Å²) in [5.74, 6) is 0.340. The second-order valence-electron chi connectivity index (χ2n) is 6.63. The molecule has 162 valence electrons. The normalized spacial score (nSPS) is 11.1. The summed E-state index contributed by atoms with van der Waals surface area (Å²) in [4.78, 5) is 16.2. The maximum atomic E-state index is 12.4. The Balaban J connectivity index is 1.62. The van der Waals surface area contributed by atoms with E-state index in [2.05, 4.69) is 31.0 Å². The molecule has 0 fully saturated rings. The van der Waals surface area contributed by atoms with Gasteiger partial charge in [0, 0.05) is 16.9 Å². The topological polar surface area (TPSA) is 97.4 Å². The highest BCUT2D eigenvalue weighted by atomic mass is 79.9. The molecule has 1 amide bonds. The van der Waals surface area contributed by atoms with Gasteiger partial charge in [0.25, 0.3) is 15.9 Å². The summed E-state index contributed by atoms with van der Waals surface area (Å²) in [5, 5.41) is 3.30. The van der Waals surface area contributed by atoms with Gasteiger partial charge in [0.1, 0.15) is 11.6 Å². The molecule has 0 aliphatic carbocycles. The quantitative estimate of drug-likeness (QED) is 0.457. The van der Waals surface area contributed by atoms with Crippen molar-refractivity contribution in [2.75, 3.05) is 16.6 Å². The number of carbonyl (C=O) groups is 1. The van der Waals surface area contributed by atoms with Crippen LogP contribution in [0.25, 0.3) is 0 Å². The van der Waals surface area contributed by atoms with E-state index in [1.807, 2.05) is 13.8 Å². The van der Waals surface area contributed by atoms with Crippen LogP contribution in [-0.2, 0) is 14.8 Å². The van der Waals surface area contributed by atoms with Crippen LogP contribution in [0.1, 0.15) is 11.1 Å². The highest BCUT2D eigenvalue weighted by molar-refractivity contribution is 9.10. The van der Waals surface area contributed by atoms with Crippen molar-refractivity contribution >= 4 is 55.0 Å². The van der Waals surface area contributed by atoms with Gasteiger partial charge in [-0.1, -0.05) is 17.7 Å². The third-order valence-corrected chi connectivity index (χ3v) is 7.22. The lowest BCUT2D eigenvalue weighted by Crippen LogP contribution is -2.20. The molecule has 7 nitrogen and oxygen atoms in total. The first kappa shape index (κ1) is 23.1. The number of pyridine rings is 1. The van der Waals surface area contributed by atoms with Crippen molar-refractivity contribution in [1.82, 2.24) is 4.98 Å². The lowest BCUT2D eigenvalue weighted by atomic mass is 10.1. The molecule has 0 atom stereocenters. The Morgan fingerprint density at radius 2 is 1.87 bits per heavy atom. The molecular formula is C21H19BrClN3O4S. The van der Waals surface area contributed by atoms with Crippen LogP contribution in [0, 0.1) is 13.8 Å². The molecule has 0 bridgehead atoms. The predicted molar refractivity (Wildman–Crippen MR) is 124 cm³/mol. The summed E-state index contributed by atoms with van der Waals surface area (Å²) in [5.41, 5.74) is 2.11. The standard InChI is InChI=1S/C21H19BrClN3O4S/c1-13-11-17(20(22)14(2)21(13)23)30-12-19(27)25-15-6-8-16(9-7-15)31(28,29)26-18-5-3-4-10-24-18/h3-11H,12H2,1-2H3,(H,24,26)(H,25,27). The third-order valence-electron chi connectivity index (χ3n) is 4.28. The van der Waals surface area contributed by atoms with Crippen LogP contribution < -0.4 is 14.8 Å². The second-order valence-corrected chi connectivity index (χ2v) is 9.48. The molecule has 2 aromatic carbocycles. The van der Waals surface area contributed by atoms with Crippen molar-refractivity contribution in [1.29, 1.82) is 0 Å². The van der Waals surface area contributed by atoms with E-state index in [4.69, 9.17) is 16.3 Å². The Labute approximate surface area is 194 Å². The molecule has 3 aromatic rings. The lowest BCUT2D eigenvalue weighted by Gasteiger charge is -2.13. The van der Waals surface area contributed by atoms with Crippen LogP contribution >= 0.6 is 27.5 Å². The first-order chi connectivity index (χ1) is 14.7. The molecule has 0 aliphatic heterocycles. The first-order valence-electron chi connectivity index (χ1n) is 9.09. The molecule has 3 rings (SSSR count). The minimum Gasteiger partial charge on any atom is -0.483 e. The smallest absolute Gasteiger partial charge is 0.263 e. The van der Waals surface area contributed by atoms with Gasteiger partial charge < -0.3 is 10.1 Å². The molecular weight excluding hydrogens is 506 g/mol. The number of rotatable bonds is 7. The number of sulfonamides is 1. The summed E-state index contributed by atoms with van der Waals surface area (Å²) in [6.45, 7) is 3.48. The molecule has 0 spiro atoms. The predicted octanol–water partition coefficient (Wildman–Crippen LogP) is 4.93. The molecule has 1 heterocycles. The second kappa shape index (κ2) is 9.67. The van der Waals surface area contributed by atoms with Crippen LogP contribution in [0.3, 0.4) is 0 Å². The van der Waals surface area contributed by atoms with Crippen LogP contribution in [0.5, 0.6) is 5.75 Å². The zero-order valence-electron chi connectivity index (χ0n) is 16.6. The van der Waals surface area contributed by atoms with Gasteiger partial charge in [-0.05, 0) is 83.4 Å². The van der Waals surface area contributed by atoms with Gasteiger partial charge in [-0.15, -0.1) is 0 Å². The molecule has 10 heteroatoms. The number of nitrogens with zero attached hydrogens (tertiary/aromatic N) is 1. The molecule has 0 unspecified atom stereocenters. The Morgan fingerprint density at radius 1 is 1.16 bits per heavy atom. The van der Waals surface area contributed by atoms with Crippen molar-refractivity contribution in [2.45, 2.75) is 18.7 Å². The van der Waals surface area contributed by atoms with Gasteiger partial charge in [-0.2, -0.15) is 0 Å². The number of aromatic nitrogens is 1.